The van der Waals surface area contributed by atoms with E-state index in [2.05, 4.69) is 10.3 Å². The maximum atomic E-state index is 11.6. The summed E-state index contributed by atoms with van der Waals surface area (Å²) in [5.74, 6) is -0.992. The fraction of sp³-hybridized carbons (Fsp3) is 0.462. The van der Waals surface area contributed by atoms with Crippen LogP contribution in [0.1, 0.15) is 31.4 Å². The summed E-state index contributed by atoms with van der Waals surface area (Å²) in [6.45, 7) is 0.649. The van der Waals surface area contributed by atoms with E-state index in [0.29, 0.717) is 24.3 Å². The molecule has 1 heterocycles. The Morgan fingerprint density at radius 3 is 2.63 bits per heavy atom. The second-order valence-electron chi connectivity index (χ2n) is 4.26. The molecule has 0 aliphatic heterocycles. The highest BCUT2D eigenvalue weighted by atomic mass is 16.4. The van der Waals surface area contributed by atoms with E-state index in [1.165, 1.54) is 6.20 Å². The van der Waals surface area contributed by atoms with Crippen LogP contribution in [0.15, 0.2) is 18.3 Å². The van der Waals surface area contributed by atoms with Crippen molar-refractivity contribution in [1.82, 2.24) is 4.98 Å². The molecule has 0 saturated carbocycles. The van der Waals surface area contributed by atoms with Crippen molar-refractivity contribution in [2.24, 2.45) is 5.73 Å². The Balaban J connectivity index is 2.36. The molecule has 0 radical (unpaired) electrons. The van der Waals surface area contributed by atoms with Crippen molar-refractivity contribution in [1.29, 1.82) is 0 Å². The molecular weight excluding hydrogens is 246 g/mol. The van der Waals surface area contributed by atoms with Gasteiger partial charge in [-0.2, -0.15) is 0 Å². The van der Waals surface area contributed by atoms with Gasteiger partial charge in [0.15, 0.2) is 0 Å². The van der Waals surface area contributed by atoms with Gasteiger partial charge in [-0.1, -0.05) is 6.42 Å². The highest BCUT2D eigenvalue weighted by molar-refractivity contribution is 5.90. The lowest BCUT2D eigenvalue weighted by molar-refractivity contribution is -0.136. The zero-order chi connectivity index (χ0) is 14.1. The van der Waals surface area contributed by atoms with E-state index in [9.17, 15) is 9.59 Å². The van der Waals surface area contributed by atoms with Crippen molar-refractivity contribution in [3.05, 3.63) is 24.0 Å². The molecule has 0 saturated heterocycles. The van der Waals surface area contributed by atoms with Crippen molar-refractivity contribution in [2.45, 2.75) is 32.1 Å². The third kappa shape index (κ3) is 6.52. The first kappa shape index (κ1) is 15.1. The number of pyridine rings is 1. The number of carboxylic acids is 1. The Kier molecular flexibility index (Phi) is 6.52. The van der Waals surface area contributed by atoms with Gasteiger partial charge in [-0.15, -0.1) is 0 Å². The largest absolute Gasteiger partial charge is 0.481 e. The van der Waals surface area contributed by atoms with E-state index in [1.54, 1.807) is 12.1 Å². The van der Waals surface area contributed by atoms with E-state index in [0.717, 1.165) is 19.3 Å². The van der Waals surface area contributed by atoms with Crippen LogP contribution in [0, 0.1) is 0 Å². The average molecular weight is 265 g/mol. The summed E-state index contributed by atoms with van der Waals surface area (Å²) >= 11 is 0. The number of hydrogen-bond acceptors (Lipinski definition) is 4. The molecule has 1 aromatic heterocycles. The minimum absolute atomic E-state index is 0.0650. The normalized spacial score (nSPS) is 10.2. The molecule has 4 N–H and O–H groups in total. The number of carboxylic acid groups (broad SMARTS) is 1. The Morgan fingerprint density at radius 1 is 1.26 bits per heavy atom. The van der Waals surface area contributed by atoms with Gasteiger partial charge in [-0.05, 0) is 31.5 Å². The van der Waals surface area contributed by atoms with Gasteiger partial charge in [0.25, 0.3) is 0 Å². The summed E-state index contributed by atoms with van der Waals surface area (Å²) in [7, 11) is 0. The fourth-order valence-corrected chi connectivity index (χ4v) is 1.59. The molecule has 6 heteroatoms. The Labute approximate surface area is 112 Å². The first-order valence-electron chi connectivity index (χ1n) is 6.28. The number of unbranched alkanes of at least 4 members (excludes halogenated alkanes) is 2. The van der Waals surface area contributed by atoms with Crippen LogP contribution in [0.4, 0.5) is 5.69 Å². The number of rotatable bonds is 8. The number of hydrogen-bond donors (Lipinski definition) is 3. The summed E-state index contributed by atoms with van der Waals surface area (Å²) in [5, 5.41) is 11.3. The molecule has 6 nitrogen and oxygen atoms in total. The SMILES string of the molecule is NCCCCCC(=O)Nc1ccc(CC(=O)O)nc1. The van der Waals surface area contributed by atoms with Crippen LogP contribution in [-0.2, 0) is 16.0 Å². The zero-order valence-corrected chi connectivity index (χ0v) is 10.8. The van der Waals surface area contributed by atoms with Gasteiger partial charge in [-0.3, -0.25) is 14.6 Å². The molecule has 0 bridgehead atoms. The highest BCUT2D eigenvalue weighted by Crippen LogP contribution is 2.08. The second-order valence-corrected chi connectivity index (χ2v) is 4.26. The van der Waals surface area contributed by atoms with E-state index >= 15 is 0 Å². The van der Waals surface area contributed by atoms with Crippen LogP contribution < -0.4 is 11.1 Å². The quantitative estimate of drug-likeness (QED) is 0.612. The van der Waals surface area contributed by atoms with Crippen molar-refractivity contribution >= 4 is 17.6 Å². The van der Waals surface area contributed by atoms with E-state index in [1.807, 2.05) is 0 Å². The molecule has 1 rings (SSSR count). The first-order valence-corrected chi connectivity index (χ1v) is 6.28. The van der Waals surface area contributed by atoms with Crippen LogP contribution in [0.25, 0.3) is 0 Å². The van der Waals surface area contributed by atoms with Crippen LogP contribution in [-0.4, -0.2) is 28.5 Å². The molecule has 104 valence electrons. The fourth-order valence-electron chi connectivity index (χ4n) is 1.59. The number of anilines is 1. The van der Waals surface area contributed by atoms with Gasteiger partial charge in [-0.25, -0.2) is 0 Å². The smallest absolute Gasteiger partial charge is 0.309 e. The van der Waals surface area contributed by atoms with Gasteiger partial charge in [0.05, 0.1) is 24.0 Å². The predicted octanol–water partition coefficient (Wildman–Crippen LogP) is 1.17. The maximum Gasteiger partial charge on any atom is 0.309 e. The maximum absolute atomic E-state index is 11.6. The number of carbonyl (C=O) groups is 2. The lowest BCUT2D eigenvalue weighted by Crippen LogP contribution is -2.12. The number of aromatic nitrogens is 1. The molecule has 0 fully saturated rings. The lowest BCUT2D eigenvalue weighted by atomic mass is 10.2. The Hall–Kier alpha value is -1.95. The van der Waals surface area contributed by atoms with Crippen LogP contribution in [0.3, 0.4) is 0 Å². The highest BCUT2D eigenvalue weighted by Gasteiger charge is 2.04. The van der Waals surface area contributed by atoms with Gasteiger partial charge < -0.3 is 16.2 Å². The second kappa shape index (κ2) is 8.20. The number of nitrogens with one attached hydrogen (secondary N) is 1. The van der Waals surface area contributed by atoms with E-state index < -0.39 is 5.97 Å². The molecule has 1 amide bonds. The van der Waals surface area contributed by atoms with Crippen molar-refractivity contribution in [2.75, 3.05) is 11.9 Å². The van der Waals surface area contributed by atoms with Crippen molar-refractivity contribution < 1.29 is 14.7 Å². The number of carbonyl (C=O) groups excluding carboxylic acids is 1. The van der Waals surface area contributed by atoms with Gasteiger partial charge in [0, 0.05) is 6.42 Å². The number of amides is 1. The van der Waals surface area contributed by atoms with Gasteiger partial charge in [0.2, 0.25) is 5.91 Å². The Bertz CT molecular complexity index is 418. The summed E-state index contributed by atoms with van der Waals surface area (Å²) < 4.78 is 0. The first-order chi connectivity index (χ1) is 9.11. The van der Waals surface area contributed by atoms with E-state index in [-0.39, 0.29) is 12.3 Å². The third-order valence-corrected chi connectivity index (χ3v) is 2.55. The lowest BCUT2D eigenvalue weighted by Gasteiger charge is -2.05. The van der Waals surface area contributed by atoms with E-state index in [4.69, 9.17) is 10.8 Å². The predicted molar refractivity (Wildman–Crippen MR) is 71.7 cm³/mol. The molecular formula is C13H19N3O3. The monoisotopic (exact) mass is 265 g/mol. The van der Waals surface area contributed by atoms with Crippen LogP contribution >= 0.6 is 0 Å². The zero-order valence-electron chi connectivity index (χ0n) is 10.8. The minimum atomic E-state index is -0.927. The summed E-state index contributed by atoms with van der Waals surface area (Å²) in [4.78, 5) is 26.0. The van der Waals surface area contributed by atoms with Gasteiger partial charge in [0.1, 0.15) is 0 Å². The number of nitrogens with zero attached hydrogens (tertiary/aromatic N) is 1. The summed E-state index contributed by atoms with van der Waals surface area (Å²) in [6, 6.07) is 3.25. The van der Waals surface area contributed by atoms with Crippen LogP contribution in [0.2, 0.25) is 0 Å². The molecule has 1 aromatic rings. The molecule has 0 unspecified atom stereocenters. The molecule has 0 aliphatic carbocycles. The average Bonchev–Trinajstić information content (AvgIpc) is 2.36. The number of nitrogens with two attached hydrogens (primary N) is 1. The summed E-state index contributed by atoms with van der Waals surface area (Å²) in [5.41, 5.74) is 6.41. The van der Waals surface area contributed by atoms with Crippen molar-refractivity contribution in [3.8, 4) is 0 Å². The van der Waals surface area contributed by atoms with Crippen LogP contribution in [0.5, 0.6) is 0 Å². The molecule has 0 aliphatic rings. The topological polar surface area (TPSA) is 105 Å². The summed E-state index contributed by atoms with van der Waals surface area (Å²) in [6.07, 6.45) is 4.49. The van der Waals surface area contributed by atoms with Crippen molar-refractivity contribution in [3.63, 3.8) is 0 Å². The van der Waals surface area contributed by atoms with Gasteiger partial charge >= 0.3 is 5.97 Å². The molecule has 0 atom stereocenters. The number of aliphatic carboxylic acids is 1. The standard InChI is InChI=1S/C13H19N3O3/c14-7-3-1-2-4-12(17)16-11-6-5-10(15-9-11)8-13(18)19/h5-6,9H,1-4,7-8,14H2,(H,16,17)(H,18,19). The molecule has 19 heavy (non-hydrogen) atoms. The molecule has 0 spiro atoms. The molecule has 0 aromatic carbocycles. The third-order valence-electron chi connectivity index (χ3n) is 2.55. The Morgan fingerprint density at radius 2 is 2.05 bits per heavy atom. The minimum Gasteiger partial charge on any atom is -0.481 e.